The summed E-state index contributed by atoms with van der Waals surface area (Å²) in [5.74, 6) is 0.284. The van der Waals surface area contributed by atoms with Crippen molar-refractivity contribution in [3.63, 3.8) is 0 Å². The van der Waals surface area contributed by atoms with E-state index in [0.29, 0.717) is 6.54 Å². The Hall–Kier alpha value is -0.590. The van der Waals surface area contributed by atoms with Gasteiger partial charge in [-0.15, -0.1) is 11.3 Å². The molecule has 4 nitrogen and oxygen atoms in total. The van der Waals surface area contributed by atoms with E-state index < -0.39 is 5.97 Å². The second kappa shape index (κ2) is 8.49. The highest BCUT2D eigenvalue weighted by molar-refractivity contribution is 7.98. The van der Waals surface area contributed by atoms with Gasteiger partial charge in [-0.05, 0) is 31.4 Å². The first-order chi connectivity index (χ1) is 8.24. The normalized spacial score (nSPS) is 10.6. The van der Waals surface area contributed by atoms with E-state index in [0.717, 1.165) is 18.7 Å². The molecule has 17 heavy (non-hydrogen) atoms. The molecule has 1 aromatic heterocycles. The maximum Gasteiger partial charge on any atom is 0.365 e. The average Bonchev–Trinajstić information content (AvgIpc) is 2.77. The molecule has 0 saturated carbocycles. The molecule has 1 aromatic rings. The van der Waals surface area contributed by atoms with E-state index in [1.165, 1.54) is 29.9 Å². The molecule has 0 fully saturated rings. The third-order valence-corrected chi connectivity index (χ3v) is 3.82. The minimum atomic E-state index is -0.946. The number of nitrogens with zero attached hydrogens (tertiary/aromatic N) is 1. The summed E-state index contributed by atoms with van der Waals surface area (Å²) in [6.45, 7) is 1.63. The molecule has 0 radical (unpaired) electrons. The van der Waals surface area contributed by atoms with Gasteiger partial charge in [-0.1, -0.05) is 6.42 Å². The molecule has 0 saturated heterocycles. The zero-order valence-electron chi connectivity index (χ0n) is 9.94. The first-order valence-electron chi connectivity index (χ1n) is 5.61. The van der Waals surface area contributed by atoms with Gasteiger partial charge in [0.05, 0.1) is 5.69 Å². The van der Waals surface area contributed by atoms with Crippen molar-refractivity contribution in [3.8, 4) is 0 Å². The van der Waals surface area contributed by atoms with E-state index in [1.54, 1.807) is 5.38 Å². The fourth-order valence-electron chi connectivity index (χ4n) is 1.38. The molecule has 1 rings (SSSR count). The summed E-state index contributed by atoms with van der Waals surface area (Å²) >= 11 is 3.06. The van der Waals surface area contributed by atoms with Gasteiger partial charge in [0, 0.05) is 11.9 Å². The number of hydrogen-bond acceptors (Lipinski definition) is 5. The third-order valence-electron chi connectivity index (χ3n) is 2.24. The highest BCUT2D eigenvalue weighted by Gasteiger charge is 2.07. The second-order valence-corrected chi connectivity index (χ2v) is 5.52. The van der Waals surface area contributed by atoms with Crippen molar-refractivity contribution >= 4 is 29.1 Å². The van der Waals surface area contributed by atoms with Gasteiger partial charge in [-0.2, -0.15) is 11.8 Å². The van der Waals surface area contributed by atoms with Crippen LogP contribution in [0.25, 0.3) is 0 Å². The molecule has 1 heterocycles. The lowest BCUT2D eigenvalue weighted by Gasteiger charge is -2.02. The quantitative estimate of drug-likeness (QED) is 0.677. The van der Waals surface area contributed by atoms with Crippen molar-refractivity contribution in [1.29, 1.82) is 0 Å². The lowest BCUT2D eigenvalue weighted by atomic mass is 10.2. The molecule has 0 aromatic carbocycles. The molecule has 0 spiro atoms. The van der Waals surface area contributed by atoms with Crippen molar-refractivity contribution < 1.29 is 9.90 Å². The summed E-state index contributed by atoms with van der Waals surface area (Å²) in [7, 11) is 0. The fraction of sp³-hybridized carbons (Fsp3) is 0.636. The van der Waals surface area contributed by atoms with Gasteiger partial charge in [0.15, 0.2) is 0 Å². The molecule has 0 aliphatic rings. The molecule has 0 aliphatic heterocycles. The predicted octanol–water partition coefficient (Wildman–Crippen LogP) is 2.46. The van der Waals surface area contributed by atoms with Crippen LogP contribution in [0, 0.1) is 0 Å². The van der Waals surface area contributed by atoms with E-state index in [4.69, 9.17) is 5.11 Å². The Kier molecular flexibility index (Phi) is 7.23. The Morgan fingerprint density at radius 2 is 2.35 bits per heavy atom. The van der Waals surface area contributed by atoms with Crippen molar-refractivity contribution in [2.45, 2.75) is 25.8 Å². The fourth-order valence-corrected chi connectivity index (χ4v) is 2.52. The Balaban J connectivity index is 2.07. The summed E-state index contributed by atoms with van der Waals surface area (Å²) in [5.41, 5.74) is 0.816. The number of unbranched alkanes of at least 4 members (excludes halogenated alkanes) is 2. The highest BCUT2D eigenvalue weighted by atomic mass is 32.2. The maximum absolute atomic E-state index is 10.6. The van der Waals surface area contributed by atoms with E-state index in [9.17, 15) is 4.79 Å². The zero-order valence-corrected chi connectivity index (χ0v) is 11.6. The topological polar surface area (TPSA) is 62.2 Å². The minimum Gasteiger partial charge on any atom is -0.476 e. The molecule has 0 unspecified atom stereocenters. The smallest absolute Gasteiger partial charge is 0.365 e. The molecule has 0 atom stereocenters. The van der Waals surface area contributed by atoms with Gasteiger partial charge >= 0.3 is 5.97 Å². The van der Waals surface area contributed by atoms with Gasteiger partial charge in [-0.25, -0.2) is 9.78 Å². The molecule has 96 valence electrons. The maximum atomic E-state index is 10.6. The number of nitrogens with one attached hydrogen (secondary N) is 1. The van der Waals surface area contributed by atoms with Gasteiger partial charge in [0.25, 0.3) is 0 Å². The van der Waals surface area contributed by atoms with Crippen LogP contribution in [-0.4, -0.2) is 34.6 Å². The predicted molar refractivity (Wildman–Crippen MR) is 73.0 cm³/mol. The van der Waals surface area contributed by atoms with Crippen molar-refractivity contribution in [3.05, 3.63) is 16.1 Å². The summed E-state index contributed by atoms with van der Waals surface area (Å²) in [6, 6.07) is 0. The van der Waals surface area contributed by atoms with Crippen LogP contribution >= 0.6 is 23.1 Å². The highest BCUT2D eigenvalue weighted by Crippen LogP contribution is 2.09. The molecular weight excluding hydrogens is 256 g/mol. The van der Waals surface area contributed by atoms with Crippen LogP contribution in [0.5, 0.6) is 0 Å². The van der Waals surface area contributed by atoms with Crippen LogP contribution in [0.1, 0.15) is 34.8 Å². The summed E-state index contributed by atoms with van der Waals surface area (Å²) in [4.78, 5) is 14.6. The van der Waals surface area contributed by atoms with Gasteiger partial charge in [0.1, 0.15) is 0 Å². The van der Waals surface area contributed by atoms with Gasteiger partial charge in [0.2, 0.25) is 5.01 Å². The average molecular weight is 274 g/mol. The Morgan fingerprint density at radius 1 is 1.53 bits per heavy atom. The van der Waals surface area contributed by atoms with Crippen LogP contribution in [0.2, 0.25) is 0 Å². The van der Waals surface area contributed by atoms with Crippen molar-refractivity contribution in [1.82, 2.24) is 10.3 Å². The van der Waals surface area contributed by atoms with Crippen molar-refractivity contribution in [2.24, 2.45) is 0 Å². The Morgan fingerprint density at radius 3 is 3.00 bits per heavy atom. The van der Waals surface area contributed by atoms with Crippen LogP contribution in [0.15, 0.2) is 5.38 Å². The number of thioether (sulfide) groups is 1. The van der Waals surface area contributed by atoms with Crippen LogP contribution in [0.3, 0.4) is 0 Å². The molecular formula is C11H18N2O2S2. The summed E-state index contributed by atoms with van der Waals surface area (Å²) < 4.78 is 0. The zero-order chi connectivity index (χ0) is 12.5. The lowest BCUT2D eigenvalue weighted by Crippen LogP contribution is -2.15. The van der Waals surface area contributed by atoms with E-state index in [2.05, 4.69) is 16.6 Å². The summed E-state index contributed by atoms with van der Waals surface area (Å²) in [6.07, 6.45) is 5.80. The number of rotatable bonds is 9. The molecule has 2 N–H and O–H groups in total. The standard InChI is InChI=1S/C11H18N2O2S2/c1-16-6-4-2-3-5-12-7-9-8-17-10(13-9)11(14)15/h8,12H,2-7H2,1H3,(H,14,15). The largest absolute Gasteiger partial charge is 0.476 e. The number of aromatic carboxylic acids is 1. The SMILES string of the molecule is CSCCCCCNCc1csc(C(=O)O)n1. The van der Waals surface area contributed by atoms with Gasteiger partial charge < -0.3 is 10.4 Å². The Bertz CT molecular complexity index is 342. The lowest BCUT2D eigenvalue weighted by molar-refractivity contribution is 0.0696. The molecule has 0 bridgehead atoms. The Labute approximate surface area is 110 Å². The molecule has 6 heteroatoms. The number of thiazole rings is 1. The third kappa shape index (κ3) is 6.05. The second-order valence-electron chi connectivity index (χ2n) is 3.68. The number of aromatic nitrogens is 1. The van der Waals surface area contributed by atoms with E-state index in [-0.39, 0.29) is 5.01 Å². The van der Waals surface area contributed by atoms with E-state index in [1.807, 2.05) is 11.8 Å². The van der Waals surface area contributed by atoms with E-state index >= 15 is 0 Å². The monoisotopic (exact) mass is 274 g/mol. The minimum absolute atomic E-state index is 0.168. The molecule has 0 amide bonds. The van der Waals surface area contributed by atoms with Gasteiger partial charge in [-0.3, -0.25) is 0 Å². The first-order valence-corrected chi connectivity index (χ1v) is 7.88. The van der Waals surface area contributed by atoms with Crippen LogP contribution < -0.4 is 5.32 Å². The first kappa shape index (κ1) is 14.5. The number of carbonyl (C=O) groups is 1. The number of carboxylic acids is 1. The van der Waals surface area contributed by atoms with Crippen LogP contribution in [-0.2, 0) is 6.54 Å². The van der Waals surface area contributed by atoms with Crippen molar-refractivity contribution in [2.75, 3.05) is 18.6 Å². The summed E-state index contributed by atoms with van der Waals surface area (Å²) in [5, 5.41) is 14.0. The molecule has 0 aliphatic carbocycles. The number of hydrogen-bond donors (Lipinski definition) is 2. The number of carboxylic acid groups (broad SMARTS) is 1. The van der Waals surface area contributed by atoms with Crippen LogP contribution in [0.4, 0.5) is 0 Å².